The van der Waals surface area contributed by atoms with E-state index in [-0.39, 0.29) is 5.41 Å². The minimum Gasteiger partial charge on any atom is -0.359 e. The first-order chi connectivity index (χ1) is 7.81. The lowest BCUT2D eigenvalue weighted by Gasteiger charge is -2.27. The van der Waals surface area contributed by atoms with E-state index in [0.717, 1.165) is 31.0 Å². The molecule has 0 saturated heterocycles. The van der Waals surface area contributed by atoms with Crippen molar-refractivity contribution in [2.45, 2.75) is 40.5 Å². The third kappa shape index (κ3) is 4.90. The number of halogens is 1. The average Bonchev–Trinajstić information content (AvgIpc) is 2.14. The van der Waals surface area contributed by atoms with Crippen LogP contribution in [-0.4, -0.2) is 23.6 Å². The predicted octanol–water partition coefficient (Wildman–Crippen LogP) is 3.56. The normalized spacial score (nSPS) is 11.6. The highest BCUT2D eigenvalue weighted by Crippen LogP contribution is 2.21. The summed E-state index contributed by atoms with van der Waals surface area (Å²) < 4.78 is 0. The Kier molecular flexibility index (Phi) is 4.75. The summed E-state index contributed by atoms with van der Waals surface area (Å²) in [5.74, 6) is 1.74. The molecule has 0 spiro atoms. The molecule has 0 amide bonds. The van der Waals surface area contributed by atoms with E-state index >= 15 is 0 Å². The van der Waals surface area contributed by atoms with E-state index in [0.29, 0.717) is 5.15 Å². The molecule has 0 radical (unpaired) electrons. The SMILES string of the molecule is CCCc1nc(Cl)cc(N(C)CC(C)(C)C)n1. The maximum Gasteiger partial charge on any atom is 0.134 e. The largest absolute Gasteiger partial charge is 0.359 e. The Morgan fingerprint density at radius 1 is 1.29 bits per heavy atom. The Balaban J connectivity index is 2.89. The number of aromatic nitrogens is 2. The van der Waals surface area contributed by atoms with Crippen LogP contribution in [-0.2, 0) is 6.42 Å². The molecule has 0 N–H and O–H groups in total. The first kappa shape index (κ1) is 14.2. The summed E-state index contributed by atoms with van der Waals surface area (Å²) in [5.41, 5.74) is 0.233. The molecule has 17 heavy (non-hydrogen) atoms. The second kappa shape index (κ2) is 5.67. The van der Waals surface area contributed by atoms with Crippen molar-refractivity contribution in [2.24, 2.45) is 5.41 Å². The zero-order valence-corrected chi connectivity index (χ0v) is 12.2. The fourth-order valence-corrected chi connectivity index (χ4v) is 1.97. The smallest absolute Gasteiger partial charge is 0.134 e. The monoisotopic (exact) mass is 255 g/mol. The second-order valence-corrected chi connectivity index (χ2v) is 6.02. The summed E-state index contributed by atoms with van der Waals surface area (Å²) in [7, 11) is 2.04. The zero-order valence-electron chi connectivity index (χ0n) is 11.4. The van der Waals surface area contributed by atoms with Gasteiger partial charge in [0.2, 0.25) is 0 Å². The standard InChI is InChI=1S/C13H22ClN3/c1-6-7-11-15-10(14)8-12(16-11)17(5)9-13(2,3)4/h8H,6-7,9H2,1-5H3. The van der Waals surface area contributed by atoms with Crippen LogP contribution in [0.4, 0.5) is 5.82 Å². The topological polar surface area (TPSA) is 29.0 Å². The number of nitrogens with zero attached hydrogens (tertiary/aromatic N) is 3. The van der Waals surface area contributed by atoms with Crippen LogP contribution in [0.1, 0.15) is 39.9 Å². The van der Waals surface area contributed by atoms with Crippen LogP contribution in [0, 0.1) is 5.41 Å². The van der Waals surface area contributed by atoms with E-state index in [9.17, 15) is 0 Å². The van der Waals surface area contributed by atoms with Crippen LogP contribution >= 0.6 is 11.6 Å². The van der Waals surface area contributed by atoms with E-state index in [1.54, 1.807) is 0 Å². The van der Waals surface area contributed by atoms with Gasteiger partial charge in [-0.2, -0.15) is 0 Å². The molecule has 0 aliphatic carbocycles. The summed E-state index contributed by atoms with van der Waals surface area (Å²) in [4.78, 5) is 10.9. The Labute approximate surface area is 109 Å². The maximum atomic E-state index is 6.02. The van der Waals surface area contributed by atoms with Crippen molar-refractivity contribution in [3.8, 4) is 0 Å². The Hall–Kier alpha value is -0.830. The van der Waals surface area contributed by atoms with Gasteiger partial charge in [-0.1, -0.05) is 39.3 Å². The molecular weight excluding hydrogens is 234 g/mol. The lowest BCUT2D eigenvalue weighted by atomic mass is 9.96. The molecule has 0 aliphatic heterocycles. The molecule has 0 unspecified atom stereocenters. The Bertz CT molecular complexity index is 371. The third-order valence-electron chi connectivity index (χ3n) is 2.30. The van der Waals surface area contributed by atoms with Crippen molar-refractivity contribution < 1.29 is 0 Å². The van der Waals surface area contributed by atoms with E-state index in [1.807, 2.05) is 13.1 Å². The molecule has 0 saturated carbocycles. The molecule has 1 heterocycles. The molecule has 4 heteroatoms. The van der Waals surface area contributed by atoms with Gasteiger partial charge in [-0.05, 0) is 11.8 Å². The molecule has 0 aliphatic rings. The molecular formula is C13H22ClN3. The maximum absolute atomic E-state index is 6.02. The first-order valence-corrected chi connectivity index (χ1v) is 6.44. The van der Waals surface area contributed by atoms with Crippen LogP contribution in [0.25, 0.3) is 0 Å². The average molecular weight is 256 g/mol. The van der Waals surface area contributed by atoms with Gasteiger partial charge in [-0.25, -0.2) is 9.97 Å². The summed E-state index contributed by atoms with van der Waals surface area (Å²) >= 11 is 6.02. The molecule has 1 aromatic heterocycles. The molecule has 0 atom stereocenters. The van der Waals surface area contributed by atoms with Crippen molar-refractivity contribution >= 4 is 17.4 Å². The fraction of sp³-hybridized carbons (Fsp3) is 0.692. The molecule has 0 fully saturated rings. The lowest BCUT2D eigenvalue weighted by molar-refractivity contribution is 0.417. The summed E-state index contributed by atoms with van der Waals surface area (Å²) in [5, 5.41) is 0.527. The van der Waals surface area contributed by atoms with Gasteiger partial charge in [0.1, 0.15) is 16.8 Å². The van der Waals surface area contributed by atoms with E-state index in [4.69, 9.17) is 11.6 Å². The van der Waals surface area contributed by atoms with Crippen LogP contribution < -0.4 is 4.90 Å². The van der Waals surface area contributed by atoms with Crippen molar-refractivity contribution in [3.05, 3.63) is 17.0 Å². The van der Waals surface area contributed by atoms with Gasteiger partial charge in [-0.3, -0.25) is 0 Å². The quantitative estimate of drug-likeness (QED) is 0.771. The molecule has 1 rings (SSSR count). The van der Waals surface area contributed by atoms with Crippen LogP contribution in [0.15, 0.2) is 6.07 Å². The second-order valence-electron chi connectivity index (χ2n) is 5.63. The highest BCUT2D eigenvalue weighted by Gasteiger charge is 2.15. The van der Waals surface area contributed by atoms with Gasteiger partial charge < -0.3 is 4.90 Å². The van der Waals surface area contributed by atoms with E-state index < -0.39 is 0 Å². The van der Waals surface area contributed by atoms with Gasteiger partial charge in [-0.15, -0.1) is 0 Å². The molecule has 3 nitrogen and oxygen atoms in total. The van der Waals surface area contributed by atoms with Crippen molar-refractivity contribution in [1.82, 2.24) is 9.97 Å². The van der Waals surface area contributed by atoms with Crippen molar-refractivity contribution in [3.63, 3.8) is 0 Å². The summed E-state index contributed by atoms with van der Waals surface area (Å²) in [6.07, 6.45) is 1.90. The minimum absolute atomic E-state index is 0.233. The van der Waals surface area contributed by atoms with Gasteiger partial charge >= 0.3 is 0 Å². The van der Waals surface area contributed by atoms with E-state index in [1.165, 1.54) is 0 Å². The summed E-state index contributed by atoms with van der Waals surface area (Å²) in [6, 6.07) is 1.83. The third-order valence-corrected chi connectivity index (χ3v) is 2.50. The van der Waals surface area contributed by atoms with Gasteiger partial charge in [0.25, 0.3) is 0 Å². The fourth-order valence-electron chi connectivity index (χ4n) is 1.78. The van der Waals surface area contributed by atoms with Gasteiger partial charge in [0.15, 0.2) is 0 Å². The predicted molar refractivity (Wildman–Crippen MR) is 73.8 cm³/mol. The molecule has 1 aromatic rings. The summed E-state index contributed by atoms with van der Waals surface area (Å²) in [6.45, 7) is 9.67. The molecule has 0 aromatic carbocycles. The number of aryl methyl sites for hydroxylation is 1. The van der Waals surface area contributed by atoms with Crippen LogP contribution in [0.5, 0.6) is 0 Å². The van der Waals surface area contributed by atoms with E-state index in [2.05, 4.69) is 42.6 Å². The highest BCUT2D eigenvalue weighted by atomic mass is 35.5. The van der Waals surface area contributed by atoms with Gasteiger partial charge in [0, 0.05) is 26.1 Å². The molecule has 96 valence electrons. The van der Waals surface area contributed by atoms with Crippen LogP contribution in [0.2, 0.25) is 5.15 Å². The number of hydrogen-bond acceptors (Lipinski definition) is 3. The van der Waals surface area contributed by atoms with Crippen LogP contribution in [0.3, 0.4) is 0 Å². The first-order valence-electron chi connectivity index (χ1n) is 6.06. The van der Waals surface area contributed by atoms with Crippen molar-refractivity contribution in [1.29, 1.82) is 0 Å². The minimum atomic E-state index is 0.233. The number of hydrogen-bond donors (Lipinski definition) is 0. The Morgan fingerprint density at radius 3 is 2.47 bits per heavy atom. The Morgan fingerprint density at radius 2 is 1.94 bits per heavy atom. The zero-order chi connectivity index (χ0) is 13.1. The lowest BCUT2D eigenvalue weighted by Crippen LogP contribution is -2.30. The van der Waals surface area contributed by atoms with Crippen molar-refractivity contribution in [2.75, 3.05) is 18.5 Å². The number of anilines is 1. The molecule has 0 bridgehead atoms. The van der Waals surface area contributed by atoms with Gasteiger partial charge in [0.05, 0.1) is 0 Å². The highest BCUT2D eigenvalue weighted by molar-refractivity contribution is 6.29. The number of rotatable bonds is 4.